The smallest absolute Gasteiger partial charge is 0.234 e. The van der Waals surface area contributed by atoms with E-state index in [1.165, 1.54) is 0 Å². The largest absolute Gasteiger partial charge is 0.382 e. The first-order valence-electron chi connectivity index (χ1n) is 4.87. The Morgan fingerprint density at radius 3 is 2.20 bits per heavy atom. The van der Waals surface area contributed by atoms with Crippen molar-refractivity contribution >= 4 is 5.91 Å². The Bertz CT molecular complexity index is 166. The normalized spacial score (nSPS) is 12.7. The molecule has 0 fully saturated rings. The van der Waals surface area contributed by atoms with Gasteiger partial charge >= 0.3 is 0 Å². The molecule has 0 aromatic rings. The third kappa shape index (κ3) is 9.61. The van der Waals surface area contributed by atoms with Crippen LogP contribution in [0.1, 0.15) is 6.42 Å². The summed E-state index contributed by atoms with van der Waals surface area (Å²) in [5.74, 6) is -0.505. The van der Waals surface area contributed by atoms with Crippen molar-refractivity contribution in [3.8, 4) is 0 Å². The number of methoxy groups -OCH3 is 1. The highest BCUT2D eigenvalue weighted by Gasteiger charge is 2.07. The lowest BCUT2D eigenvalue weighted by molar-refractivity contribution is -0.119. The SMILES string of the molecule is COCCOCCOCCC(N)C(N)=O. The molecule has 0 heterocycles. The summed E-state index contributed by atoms with van der Waals surface area (Å²) in [6.45, 7) is 2.54. The van der Waals surface area contributed by atoms with Gasteiger partial charge in [-0.25, -0.2) is 0 Å². The standard InChI is InChI=1S/C9H20N2O4/c1-13-4-5-15-7-6-14-3-2-8(10)9(11)12/h8H,2-7,10H2,1H3,(H2,11,12). The number of carbonyl (C=O) groups excluding carboxylic acids is 1. The fourth-order valence-corrected chi connectivity index (χ4v) is 0.817. The number of carbonyl (C=O) groups is 1. The number of amides is 1. The Morgan fingerprint density at radius 2 is 1.67 bits per heavy atom. The zero-order chi connectivity index (χ0) is 11.5. The van der Waals surface area contributed by atoms with Crippen LogP contribution in [-0.4, -0.2) is 52.1 Å². The highest BCUT2D eigenvalue weighted by Crippen LogP contribution is 1.88. The second-order valence-electron chi connectivity index (χ2n) is 3.02. The van der Waals surface area contributed by atoms with Crippen molar-refractivity contribution in [2.45, 2.75) is 12.5 Å². The zero-order valence-electron chi connectivity index (χ0n) is 9.11. The van der Waals surface area contributed by atoms with E-state index in [1.807, 2.05) is 0 Å². The van der Waals surface area contributed by atoms with Gasteiger partial charge in [0.2, 0.25) is 5.91 Å². The lowest BCUT2D eigenvalue weighted by Crippen LogP contribution is -2.37. The van der Waals surface area contributed by atoms with E-state index < -0.39 is 11.9 Å². The summed E-state index contributed by atoms with van der Waals surface area (Å²) in [4.78, 5) is 10.5. The average molecular weight is 220 g/mol. The van der Waals surface area contributed by atoms with Gasteiger partial charge in [0.1, 0.15) is 0 Å². The maximum Gasteiger partial charge on any atom is 0.234 e. The van der Waals surface area contributed by atoms with Gasteiger partial charge in [-0.2, -0.15) is 0 Å². The molecule has 15 heavy (non-hydrogen) atoms. The van der Waals surface area contributed by atoms with Crippen molar-refractivity contribution in [1.29, 1.82) is 0 Å². The minimum Gasteiger partial charge on any atom is -0.382 e. The fourth-order valence-electron chi connectivity index (χ4n) is 0.817. The van der Waals surface area contributed by atoms with Crippen LogP contribution in [0, 0.1) is 0 Å². The van der Waals surface area contributed by atoms with Crippen LogP contribution in [0.2, 0.25) is 0 Å². The molecule has 1 amide bonds. The summed E-state index contributed by atoms with van der Waals surface area (Å²) in [6, 6.07) is -0.626. The summed E-state index contributed by atoms with van der Waals surface area (Å²) >= 11 is 0. The molecule has 1 atom stereocenters. The van der Waals surface area contributed by atoms with Gasteiger partial charge in [0.25, 0.3) is 0 Å². The number of hydrogen-bond acceptors (Lipinski definition) is 5. The van der Waals surface area contributed by atoms with E-state index in [0.29, 0.717) is 39.5 Å². The maximum atomic E-state index is 10.5. The third-order valence-electron chi connectivity index (χ3n) is 1.74. The summed E-state index contributed by atoms with van der Waals surface area (Å²) < 4.78 is 15.1. The van der Waals surface area contributed by atoms with Crippen molar-refractivity contribution in [2.75, 3.05) is 40.1 Å². The summed E-state index contributed by atoms with van der Waals surface area (Å²) in [5.41, 5.74) is 10.4. The first-order valence-corrected chi connectivity index (χ1v) is 4.87. The van der Waals surface area contributed by atoms with Crippen LogP contribution in [0.4, 0.5) is 0 Å². The summed E-state index contributed by atoms with van der Waals surface area (Å²) in [6.07, 6.45) is 0.438. The van der Waals surface area contributed by atoms with E-state index in [2.05, 4.69) is 0 Å². The molecule has 6 heteroatoms. The van der Waals surface area contributed by atoms with Crippen LogP contribution in [0.15, 0.2) is 0 Å². The molecule has 0 saturated carbocycles. The molecule has 0 aromatic carbocycles. The predicted molar refractivity (Wildman–Crippen MR) is 55.3 cm³/mol. The van der Waals surface area contributed by atoms with E-state index >= 15 is 0 Å². The predicted octanol–water partition coefficient (Wildman–Crippen LogP) is -1.13. The number of rotatable bonds is 10. The minimum absolute atomic E-state index is 0.414. The molecule has 0 aliphatic rings. The van der Waals surface area contributed by atoms with Gasteiger partial charge in [-0.15, -0.1) is 0 Å². The van der Waals surface area contributed by atoms with Crippen molar-refractivity contribution in [3.63, 3.8) is 0 Å². The third-order valence-corrected chi connectivity index (χ3v) is 1.74. The van der Waals surface area contributed by atoms with Crippen molar-refractivity contribution in [1.82, 2.24) is 0 Å². The Balaban J connectivity index is 3.08. The Labute approximate surface area is 89.8 Å². The lowest BCUT2D eigenvalue weighted by Gasteiger charge is -2.08. The van der Waals surface area contributed by atoms with Crippen LogP contribution in [0.5, 0.6) is 0 Å². The second-order valence-corrected chi connectivity index (χ2v) is 3.02. The van der Waals surface area contributed by atoms with Gasteiger partial charge < -0.3 is 25.7 Å². The molecule has 0 aliphatic heterocycles. The average Bonchev–Trinajstić information content (AvgIpc) is 2.21. The number of nitrogens with two attached hydrogens (primary N) is 2. The maximum absolute atomic E-state index is 10.5. The van der Waals surface area contributed by atoms with Crippen LogP contribution in [0.25, 0.3) is 0 Å². The van der Waals surface area contributed by atoms with Crippen molar-refractivity contribution < 1.29 is 19.0 Å². The van der Waals surface area contributed by atoms with Crippen molar-refractivity contribution in [2.24, 2.45) is 11.5 Å². The zero-order valence-corrected chi connectivity index (χ0v) is 9.11. The van der Waals surface area contributed by atoms with E-state index in [0.717, 1.165) is 0 Å². The van der Waals surface area contributed by atoms with Gasteiger partial charge in [-0.1, -0.05) is 0 Å². The first-order chi connectivity index (χ1) is 7.18. The van der Waals surface area contributed by atoms with Gasteiger partial charge in [0.05, 0.1) is 32.5 Å². The van der Waals surface area contributed by atoms with E-state index in [-0.39, 0.29) is 0 Å². The summed E-state index contributed by atoms with van der Waals surface area (Å²) in [5, 5.41) is 0. The molecular weight excluding hydrogens is 200 g/mol. The molecule has 0 saturated heterocycles. The summed E-state index contributed by atoms with van der Waals surface area (Å²) in [7, 11) is 1.62. The molecule has 0 rings (SSSR count). The highest BCUT2D eigenvalue weighted by molar-refractivity contribution is 5.79. The first kappa shape index (κ1) is 14.3. The topological polar surface area (TPSA) is 96.8 Å². The van der Waals surface area contributed by atoms with Crippen molar-refractivity contribution in [3.05, 3.63) is 0 Å². The molecule has 0 aromatic heterocycles. The van der Waals surface area contributed by atoms with Gasteiger partial charge in [-0.3, -0.25) is 4.79 Å². The van der Waals surface area contributed by atoms with Crippen LogP contribution in [0.3, 0.4) is 0 Å². The quantitative estimate of drug-likeness (QED) is 0.454. The van der Waals surface area contributed by atoms with Crippen LogP contribution in [-0.2, 0) is 19.0 Å². The monoisotopic (exact) mass is 220 g/mol. The molecular formula is C9H20N2O4. The Morgan fingerprint density at radius 1 is 1.13 bits per heavy atom. The molecule has 1 unspecified atom stereocenters. The van der Waals surface area contributed by atoms with Crippen LogP contribution >= 0.6 is 0 Å². The molecule has 0 aliphatic carbocycles. The van der Waals surface area contributed by atoms with E-state index in [4.69, 9.17) is 25.7 Å². The number of ether oxygens (including phenoxy) is 3. The molecule has 0 spiro atoms. The molecule has 4 N–H and O–H groups in total. The second kappa shape index (κ2) is 9.85. The Kier molecular flexibility index (Phi) is 9.40. The van der Waals surface area contributed by atoms with E-state index in [9.17, 15) is 4.79 Å². The minimum atomic E-state index is -0.626. The lowest BCUT2D eigenvalue weighted by atomic mass is 10.2. The number of hydrogen-bond donors (Lipinski definition) is 2. The number of primary amides is 1. The van der Waals surface area contributed by atoms with E-state index in [1.54, 1.807) is 7.11 Å². The van der Waals surface area contributed by atoms with Gasteiger partial charge in [-0.05, 0) is 6.42 Å². The molecule has 90 valence electrons. The Hall–Kier alpha value is -0.690. The molecule has 0 radical (unpaired) electrons. The van der Waals surface area contributed by atoms with Gasteiger partial charge in [0.15, 0.2) is 0 Å². The molecule has 0 bridgehead atoms. The fraction of sp³-hybridized carbons (Fsp3) is 0.889. The van der Waals surface area contributed by atoms with Gasteiger partial charge in [0, 0.05) is 13.7 Å². The van der Waals surface area contributed by atoms with Crippen LogP contribution < -0.4 is 11.5 Å². The molecule has 6 nitrogen and oxygen atoms in total. The highest BCUT2D eigenvalue weighted by atomic mass is 16.5.